The Kier molecular flexibility index (Phi) is 5.96. The maximum absolute atomic E-state index is 12.6. The van der Waals surface area contributed by atoms with E-state index in [1.807, 2.05) is 4.90 Å². The standard InChI is InChI=1S/C20H21N5O5S/c1-30-7-2-5-21-18(27)12-9-24(10-12)15-4-3-13-16(26)14(19(28)29)11-25(17(13)23-15)20-22-6-8-31-20/h3-4,6,8,11-12H,2,5,7,9-10H2,1H3,(H,21,27)(H,28,29). The molecule has 10 nitrogen and oxygen atoms in total. The summed E-state index contributed by atoms with van der Waals surface area (Å²) in [7, 11) is 1.62. The van der Waals surface area contributed by atoms with Crippen LogP contribution in [0.25, 0.3) is 16.2 Å². The molecule has 31 heavy (non-hydrogen) atoms. The molecule has 3 aromatic rings. The molecule has 0 radical (unpaired) electrons. The number of carbonyl (C=O) groups is 2. The third kappa shape index (κ3) is 4.14. The maximum Gasteiger partial charge on any atom is 0.341 e. The molecule has 1 fully saturated rings. The first-order valence-corrected chi connectivity index (χ1v) is 10.6. The Morgan fingerprint density at radius 3 is 2.84 bits per heavy atom. The highest BCUT2D eigenvalue weighted by molar-refractivity contribution is 7.12. The summed E-state index contributed by atoms with van der Waals surface area (Å²) in [6, 6.07) is 3.25. The lowest BCUT2D eigenvalue weighted by Crippen LogP contribution is -2.54. The molecule has 4 rings (SSSR count). The van der Waals surface area contributed by atoms with E-state index < -0.39 is 11.4 Å². The Morgan fingerprint density at radius 2 is 2.16 bits per heavy atom. The van der Waals surface area contributed by atoms with Crippen molar-refractivity contribution >= 4 is 40.1 Å². The topological polar surface area (TPSA) is 127 Å². The van der Waals surface area contributed by atoms with E-state index in [0.717, 1.165) is 6.42 Å². The van der Waals surface area contributed by atoms with Crippen molar-refractivity contribution in [3.63, 3.8) is 0 Å². The lowest BCUT2D eigenvalue weighted by molar-refractivity contribution is -0.125. The van der Waals surface area contributed by atoms with Gasteiger partial charge in [0.05, 0.1) is 11.3 Å². The normalized spacial score (nSPS) is 13.9. The second-order valence-electron chi connectivity index (χ2n) is 7.14. The maximum atomic E-state index is 12.6. The highest BCUT2D eigenvalue weighted by Crippen LogP contribution is 2.26. The van der Waals surface area contributed by atoms with Crippen LogP contribution in [0.4, 0.5) is 5.82 Å². The van der Waals surface area contributed by atoms with Crippen molar-refractivity contribution < 1.29 is 19.4 Å². The van der Waals surface area contributed by atoms with Crippen LogP contribution in [0.3, 0.4) is 0 Å². The van der Waals surface area contributed by atoms with Crippen molar-refractivity contribution in [3.05, 3.63) is 45.7 Å². The molecular weight excluding hydrogens is 422 g/mol. The Bertz CT molecular complexity index is 1170. The highest BCUT2D eigenvalue weighted by Gasteiger charge is 2.33. The lowest BCUT2D eigenvalue weighted by atomic mass is 9.99. The molecule has 1 saturated heterocycles. The number of hydrogen-bond acceptors (Lipinski definition) is 8. The molecule has 4 heterocycles. The van der Waals surface area contributed by atoms with Gasteiger partial charge in [-0.3, -0.25) is 14.2 Å². The van der Waals surface area contributed by atoms with Crippen molar-refractivity contribution in [1.82, 2.24) is 19.9 Å². The van der Waals surface area contributed by atoms with Crippen LogP contribution >= 0.6 is 11.3 Å². The quantitative estimate of drug-likeness (QED) is 0.496. The number of aromatic nitrogens is 3. The number of carboxylic acids is 1. The number of nitrogens with one attached hydrogen (secondary N) is 1. The number of aromatic carboxylic acids is 1. The first-order valence-electron chi connectivity index (χ1n) is 9.70. The van der Waals surface area contributed by atoms with Crippen LogP contribution in [0.2, 0.25) is 0 Å². The van der Waals surface area contributed by atoms with Gasteiger partial charge >= 0.3 is 5.97 Å². The van der Waals surface area contributed by atoms with Gasteiger partial charge in [-0.1, -0.05) is 0 Å². The molecule has 162 valence electrons. The van der Waals surface area contributed by atoms with E-state index in [0.29, 0.717) is 42.8 Å². The fourth-order valence-corrected chi connectivity index (χ4v) is 4.02. The number of ether oxygens (including phenoxy) is 1. The molecule has 2 N–H and O–H groups in total. The van der Waals surface area contributed by atoms with Crippen molar-refractivity contribution in [2.45, 2.75) is 6.42 Å². The Morgan fingerprint density at radius 1 is 1.35 bits per heavy atom. The number of nitrogens with zero attached hydrogens (tertiary/aromatic N) is 4. The fraction of sp³-hybridized carbons (Fsp3) is 0.350. The van der Waals surface area contributed by atoms with E-state index in [9.17, 15) is 19.5 Å². The number of rotatable bonds is 8. The van der Waals surface area contributed by atoms with Crippen LogP contribution in [0, 0.1) is 5.92 Å². The third-order valence-electron chi connectivity index (χ3n) is 5.09. The number of methoxy groups -OCH3 is 1. The average Bonchev–Trinajstić information content (AvgIpc) is 3.25. The van der Waals surface area contributed by atoms with Crippen LogP contribution in [-0.4, -0.2) is 64.9 Å². The van der Waals surface area contributed by atoms with Gasteiger partial charge in [-0.25, -0.2) is 14.8 Å². The van der Waals surface area contributed by atoms with Crippen LogP contribution in [0.15, 0.2) is 34.7 Å². The molecule has 0 aromatic carbocycles. The Balaban J connectivity index is 1.58. The van der Waals surface area contributed by atoms with Gasteiger partial charge in [-0.05, 0) is 18.6 Å². The number of carboxylic acid groups (broad SMARTS) is 1. The number of carbonyl (C=O) groups excluding carboxylic acids is 1. The van der Waals surface area contributed by atoms with Gasteiger partial charge in [-0.2, -0.15) is 0 Å². The van der Waals surface area contributed by atoms with Crippen molar-refractivity contribution in [1.29, 1.82) is 0 Å². The molecule has 0 unspecified atom stereocenters. The average molecular weight is 443 g/mol. The summed E-state index contributed by atoms with van der Waals surface area (Å²) in [5, 5.41) is 14.8. The molecule has 11 heteroatoms. The van der Waals surface area contributed by atoms with Crippen LogP contribution < -0.4 is 15.6 Å². The minimum absolute atomic E-state index is 0.000985. The number of anilines is 1. The van der Waals surface area contributed by atoms with Gasteiger partial charge in [0.25, 0.3) is 0 Å². The Hall–Kier alpha value is -3.31. The second kappa shape index (κ2) is 8.82. The molecule has 1 aliphatic heterocycles. The molecule has 0 bridgehead atoms. The van der Waals surface area contributed by atoms with Crippen molar-refractivity contribution in [3.8, 4) is 5.13 Å². The summed E-state index contributed by atoms with van der Waals surface area (Å²) >= 11 is 1.31. The minimum Gasteiger partial charge on any atom is -0.477 e. The summed E-state index contributed by atoms with van der Waals surface area (Å²) in [6.45, 7) is 2.21. The molecule has 0 atom stereocenters. The van der Waals surface area contributed by atoms with Gasteiger partial charge in [0.15, 0.2) is 10.8 Å². The van der Waals surface area contributed by atoms with Gasteiger partial charge in [0.2, 0.25) is 11.3 Å². The zero-order valence-electron chi connectivity index (χ0n) is 16.8. The van der Waals surface area contributed by atoms with Gasteiger partial charge in [0, 0.05) is 51.1 Å². The third-order valence-corrected chi connectivity index (χ3v) is 5.86. The zero-order chi connectivity index (χ0) is 22.0. The molecule has 0 saturated carbocycles. The van der Waals surface area contributed by atoms with Gasteiger partial charge in [0.1, 0.15) is 11.4 Å². The molecule has 1 aliphatic rings. The smallest absolute Gasteiger partial charge is 0.341 e. The number of pyridine rings is 2. The van der Waals surface area contributed by atoms with E-state index >= 15 is 0 Å². The first kappa shape index (κ1) is 20.9. The van der Waals surface area contributed by atoms with Gasteiger partial charge < -0.3 is 20.1 Å². The Labute approximate surface area is 181 Å². The minimum atomic E-state index is -1.30. The van der Waals surface area contributed by atoms with Crippen molar-refractivity contribution in [2.75, 3.05) is 38.3 Å². The summed E-state index contributed by atoms with van der Waals surface area (Å²) in [5.41, 5.74) is -0.604. The summed E-state index contributed by atoms with van der Waals surface area (Å²) in [4.78, 5) is 47.1. The molecule has 0 spiro atoms. The number of hydrogen-bond donors (Lipinski definition) is 2. The molecule has 0 aliphatic carbocycles. The summed E-state index contributed by atoms with van der Waals surface area (Å²) in [5.74, 6) is -0.818. The monoisotopic (exact) mass is 443 g/mol. The number of fused-ring (bicyclic) bond motifs is 1. The highest BCUT2D eigenvalue weighted by atomic mass is 32.1. The largest absolute Gasteiger partial charge is 0.477 e. The van der Waals surface area contributed by atoms with Crippen LogP contribution in [-0.2, 0) is 9.53 Å². The summed E-state index contributed by atoms with van der Waals surface area (Å²) in [6.07, 6.45) is 3.62. The summed E-state index contributed by atoms with van der Waals surface area (Å²) < 4.78 is 6.49. The predicted molar refractivity (Wildman–Crippen MR) is 115 cm³/mol. The number of thiazole rings is 1. The second-order valence-corrected chi connectivity index (χ2v) is 8.01. The fourth-order valence-electron chi connectivity index (χ4n) is 3.41. The SMILES string of the molecule is COCCCNC(=O)C1CN(c2ccc3c(=O)c(C(=O)O)cn(-c4nccs4)c3n2)C1. The molecule has 1 amide bonds. The van der Waals surface area contributed by atoms with E-state index in [1.54, 1.807) is 30.8 Å². The zero-order valence-corrected chi connectivity index (χ0v) is 17.6. The lowest BCUT2D eigenvalue weighted by Gasteiger charge is -2.39. The van der Waals surface area contributed by atoms with Crippen LogP contribution in [0.1, 0.15) is 16.8 Å². The molecular formula is C20H21N5O5S. The predicted octanol–water partition coefficient (Wildman–Crippen LogP) is 1.13. The van der Waals surface area contributed by atoms with E-state index in [1.165, 1.54) is 22.1 Å². The number of amides is 1. The van der Waals surface area contributed by atoms with Gasteiger partial charge in [-0.15, -0.1) is 11.3 Å². The van der Waals surface area contributed by atoms with Crippen molar-refractivity contribution in [2.24, 2.45) is 5.92 Å². The van der Waals surface area contributed by atoms with E-state index in [-0.39, 0.29) is 22.8 Å². The molecule has 3 aromatic heterocycles. The van der Waals surface area contributed by atoms with E-state index in [4.69, 9.17) is 4.74 Å². The van der Waals surface area contributed by atoms with E-state index in [2.05, 4.69) is 15.3 Å². The van der Waals surface area contributed by atoms with Crippen LogP contribution in [0.5, 0.6) is 0 Å². The first-order chi connectivity index (χ1) is 15.0.